The molecule has 0 aliphatic heterocycles. The Labute approximate surface area is 133 Å². The third kappa shape index (κ3) is 3.74. The largest absolute Gasteiger partial charge is 0.332 e. The number of hydrogen-bond donors (Lipinski definition) is 0. The van der Waals surface area contributed by atoms with Crippen molar-refractivity contribution in [3.05, 3.63) is 63.3 Å². The summed E-state index contributed by atoms with van der Waals surface area (Å²) in [5.74, 6) is 0.0589. The third-order valence-electron chi connectivity index (χ3n) is 3.51. The number of benzene rings is 1. The van der Waals surface area contributed by atoms with Crippen molar-refractivity contribution in [2.24, 2.45) is 0 Å². The zero-order valence-electron chi connectivity index (χ0n) is 11.5. The summed E-state index contributed by atoms with van der Waals surface area (Å²) in [4.78, 5) is 14.4. The van der Waals surface area contributed by atoms with Crippen LogP contribution < -0.4 is 0 Å². The van der Waals surface area contributed by atoms with Gasteiger partial charge in [0.2, 0.25) is 5.91 Å². The molecule has 0 bridgehead atoms. The second-order valence-corrected chi connectivity index (χ2v) is 6.37. The van der Waals surface area contributed by atoms with Crippen LogP contribution in [-0.2, 0) is 11.3 Å². The SMILES string of the molecule is O=C(C=Cc1ccccc1Cl)N(Cc1ccsc1)C1CC1. The minimum atomic E-state index is 0.0589. The van der Waals surface area contributed by atoms with E-state index in [0.29, 0.717) is 17.6 Å². The zero-order valence-corrected chi connectivity index (χ0v) is 13.1. The Morgan fingerprint density at radius 1 is 1.33 bits per heavy atom. The van der Waals surface area contributed by atoms with Gasteiger partial charge < -0.3 is 4.90 Å². The van der Waals surface area contributed by atoms with Gasteiger partial charge in [0.1, 0.15) is 0 Å². The highest BCUT2D eigenvalue weighted by atomic mass is 35.5. The van der Waals surface area contributed by atoms with Crippen molar-refractivity contribution in [1.29, 1.82) is 0 Å². The molecule has 2 nitrogen and oxygen atoms in total. The quantitative estimate of drug-likeness (QED) is 0.738. The lowest BCUT2D eigenvalue weighted by Gasteiger charge is -2.20. The molecular weight excluding hydrogens is 302 g/mol. The molecule has 1 aromatic carbocycles. The van der Waals surface area contributed by atoms with Gasteiger partial charge >= 0.3 is 0 Å². The number of halogens is 1. The molecule has 1 saturated carbocycles. The predicted molar refractivity (Wildman–Crippen MR) is 88.4 cm³/mol. The van der Waals surface area contributed by atoms with E-state index >= 15 is 0 Å². The van der Waals surface area contributed by atoms with Crippen LogP contribution in [0, 0.1) is 0 Å². The summed E-state index contributed by atoms with van der Waals surface area (Å²) in [6.07, 6.45) is 5.64. The summed E-state index contributed by atoms with van der Waals surface area (Å²) < 4.78 is 0. The van der Waals surface area contributed by atoms with Crippen molar-refractivity contribution in [1.82, 2.24) is 4.90 Å². The fourth-order valence-electron chi connectivity index (χ4n) is 2.22. The molecule has 0 atom stereocenters. The van der Waals surface area contributed by atoms with Gasteiger partial charge in [0.15, 0.2) is 0 Å². The number of nitrogens with zero attached hydrogens (tertiary/aromatic N) is 1. The van der Waals surface area contributed by atoms with Crippen molar-refractivity contribution in [2.45, 2.75) is 25.4 Å². The van der Waals surface area contributed by atoms with Crippen LogP contribution in [0.15, 0.2) is 47.2 Å². The lowest BCUT2D eigenvalue weighted by molar-refractivity contribution is -0.127. The average molecular weight is 318 g/mol. The van der Waals surface area contributed by atoms with E-state index in [0.717, 1.165) is 18.4 Å². The van der Waals surface area contributed by atoms with Gasteiger partial charge in [0, 0.05) is 23.7 Å². The molecular formula is C17H16ClNOS. The first-order chi connectivity index (χ1) is 10.2. The average Bonchev–Trinajstić information content (AvgIpc) is 3.20. The van der Waals surface area contributed by atoms with E-state index in [9.17, 15) is 4.79 Å². The molecule has 1 fully saturated rings. The van der Waals surface area contributed by atoms with E-state index in [1.54, 1.807) is 23.5 Å². The summed E-state index contributed by atoms with van der Waals surface area (Å²) >= 11 is 7.77. The lowest BCUT2D eigenvalue weighted by atomic mass is 10.2. The Balaban J connectivity index is 1.71. The topological polar surface area (TPSA) is 20.3 Å². The first-order valence-corrected chi connectivity index (χ1v) is 8.30. The normalized spacial score (nSPS) is 14.5. The molecule has 1 amide bonds. The highest BCUT2D eigenvalue weighted by Gasteiger charge is 2.31. The number of carbonyl (C=O) groups is 1. The maximum Gasteiger partial charge on any atom is 0.247 e. The first kappa shape index (κ1) is 14.4. The Morgan fingerprint density at radius 2 is 2.14 bits per heavy atom. The maximum absolute atomic E-state index is 12.4. The van der Waals surface area contributed by atoms with Crippen LogP contribution in [0.5, 0.6) is 0 Å². The van der Waals surface area contributed by atoms with E-state index < -0.39 is 0 Å². The van der Waals surface area contributed by atoms with Gasteiger partial charge in [0.05, 0.1) is 0 Å². The second-order valence-electron chi connectivity index (χ2n) is 5.18. The van der Waals surface area contributed by atoms with Crippen molar-refractivity contribution in [3.8, 4) is 0 Å². The number of hydrogen-bond acceptors (Lipinski definition) is 2. The molecule has 0 unspecified atom stereocenters. The van der Waals surface area contributed by atoms with Crippen LogP contribution in [0.4, 0.5) is 0 Å². The van der Waals surface area contributed by atoms with E-state index in [1.807, 2.05) is 34.5 Å². The van der Waals surface area contributed by atoms with Gasteiger partial charge in [-0.05, 0) is 52.9 Å². The number of carbonyl (C=O) groups excluding carboxylic acids is 1. The smallest absolute Gasteiger partial charge is 0.247 e. The standard InChI is InChI=1S/C17H16ClNOS/c18-16-4-2-1-3-14(16)5-8-17(20)19(15-6-7-15)11-13-9-10-21-12-13/h1-5,8-10,12,15H,6-7,11H2. The highest BCUT2D eigenvalue weighted by Crippen LogP contribution is 2.29. The summed E-state index contributed by atoms with van der Waals surface area (Å²) in [6, 6.07) is 10.0. The minimum absolute atomic E-state index is 0.0589. The van der Waals surface area contributed by atoms with Crippen LogP contribution in [0.3, 0.4) is 0 Å². The van der Waals surface area contributed by atoms with Crippen molar-refractivity contribution >= 4 is 34.9 Å². The molecule has 0 radical (unpaired) electrons. The molecule has 108 valence electrons. The van der Waals surface area contributed by atoms with Gasteiger partial charge in [-0.2, -0.15) is 11.3 Å². The molecule has 1 heterocycles. The fourth-order valence-corrected chi connectivity index (χ4v) is 3.08. The molecule has 3 rings (SSSR count). The molecule has 0 N–H and O–H groups in total. The van der Waals surface area contributed by atoms with Gasteiger partial charge in [-0.25, -0.2) is 0 Å². The van der Waals surface area contributed by atoms with Crippen LogP contribution >= 0.6 is 22.9 Å². The zero-order chi connectivity index (χ0) is 14.7. The maximum atomic E-state index is 12.4. The van der Waals surface area contributed by atoms with Crippen molar-refractivity contribution in [3.63, 3.8) is 0 Å². The lowest BCUT2D eigenvalue weighted by Crippen LogP contribution is -2.30. The van der Waals surface area contributed by atoms with Gasteiger partial charge in [0.25, 0.3) is 0 Å². The minimum Gasteiger partial charge on any atom is -0.332 e. The van der Waals surface area contributed by atoms with E-state index in [-0.39, 0.29) is 5.91 Å². The van der Waals surface area contributed by atoms with Crippen LogP contribution in [0.1, 0.15) is 24.0 Å². The van der Waals surface area contributed by atoms with Gasteiger partial charge in [-0.3, -0.25) is 4.79 Å². The fraction of sp³-hybridized carbons (Fsp3) is 0.235. The second kappa shape index (κ2) is 6.46. The molecule has 4 heteroatoms. The molecule has 0 saturated heterocycles. The third-order valence-corrected chi connectivity index (χ3v) is 4.59. The highest BCUT2D eigenvalue weighted by molar-refractivity contribution is 7.07. The van der Waals surface area contributed by atoms with Gasteiger partial charge in [-0.15, -0.1) is 0 Å². The Hall–Kier alpha value is -1.58. The van der Waals surface area contributed by atoms with Crippen LogP contribution in [0.25, 0.3) is 6.08 Å². The van der Waals surface area contributed by atoms with Crippen molar-refractivity contribution < 1.29 is 4.79 Å². The number of amides is 1. The molecule has 21 heavy (non-hydrogen) atoms. The monoisotopic (exact) mass is 317 g/mol. The summed E-state index contributed by atoms with van der Waals surface area (Å²) in [7, 11) is 0. The van der Waals surface area contributed by atoms with Crippen molar-refractivity contribution in [2.75, 3.05) is 0 Å². The van der Waals surface area contributed by atoms with E-state index in [1.165, 1.54) is 5.56 Å². The van der Waals surface area contributed by atoms with Crippen LogP contribution in [-0.4, -0.2) is 16.8 Å². The summed E-state index contributed by atoms with van der Waals surface area (Å²) in [5.41, 5.74) is 2.07. The molecule has 0 spiro atoms. The van der Waals surface area contributed by atoms with Gasteiger partial charge in [-0.1, -0.05) is 29.8 Å². The Kier molecular flexibility index (Phi) is 4.42. The van der Waals surface area contributed by atoms with Crippen LogP contribution in [0.2, 0.25) is 5.02 Å². The molecule has 1 aliphatic carbocycles. The Morgan fingerprint density at radius 3 is 2.81 bits per heavy atom. The molecule has 1 aromatic heterocycles. The molecule has 1 aliphatic rings. The summed E-state index contributed by atoms with van der Waals surface area (Å²) in [5, 5.41) is 4.81. The Bertz CT molecular complexity index is 647. The van der Waals surface area contributed by atoms with E-state index in [2.05, 4.69) is 11.4 Å². The first-order valence-electron chi connectivity index (χ1n) is 6.98. The summed E-state index contributed by atoms with van der Waals surface area (Å²) in [6.45, 7) is 0.694. The predicted octanol–water partition coefficient (Wildman–Crippen LogP) is 4.61. The number of rotatable bonds is 5. The number of thiophene rings is 1. The molecule has 2 aromatic rings. The van der Waals surface area contributed by atoms with E-state index in [4.69, 9.17) is 11.6 Å².